The minimum atomic E-state index is -3.12. The van der Waals surface area contributed by atoms with Crippen molar-refractivity contribution >= 4 is 26.8 Å². The zero-order valence-corrected chi connectivity index (χ0v) is 3.11. The molecule has 0 aromatic heterocycles. The molecule has 0 saturated carbocycles. The van der Waals surface area contributed by atoms with Crippen LogP contribution in [0.25, 0.3) is 0 Å². The molecule has 3 N–H and O–H groups in total. The van der Waals surface area contributed by atoms with Crippen LogP contribution in [0, 0.1) is 0 Å². The van der Waals surface area contributed by atoms with Gasteiger partial charge in [0.25, 0.3) is 0 Å². The van der Waals surface area contributed by atoms with Crippen LogP contribution in [0.15, 0.2) is 0 Å². The fourth-order valence-electron chi connectivity index (χ4n) is 0. The third-order valence-corrected chi connectivity index (χ3v) is 0. The van der Waals surface area contributed by atoms with Gasteiger partial charge in [-0.2, -0.15) is 0 Å². The van der Waals surface area contributed by atoms with Crippen LogP contribution < -0.4 is 0 Å². The molecule has 34 valence electrons. The van der Waals surface area contributed by atoms with Gasteiger partial charge in [-0.05, 0) is 0 Å². The van der Waals surface area contributed by atoms with Gasteiger partial charge in [0.1, 0.15) is 0 Å². The van der Waals surface area contributed by atoms with Crippen molar-refractivity contribution in [3.63, 3.8) is 0 Å². The molecule has 0 spiro atoms. The summed E-state index contributed by atoms with van der Waals surface area (Å²) in [4.78, 5) is 7.01. The van der Waals surface area contributed by atoms with Gasteiger partial charge in [0.2, 0.25) is 0 Å². The molecule has 0 amide bonds. The van der Waals surface area contributed by atoms with Gasteiger partial charge in [0, 0.05) is 0 Å². The second kappa shape index (κ2) is 9.05. The van der Waals surface area contributed by atoms with E-state index in [-0.39, 0.29) is 24.3 Å². The predicted octanol–water partition coefficient (Wildman–Crippen LogP) is -1.41. The van der Waals surface area contributed by atoms with E-state index >= 15 is 0 Å². The van der Waals surface area contributed by atoms with E-state index in [1.807, 2.05) is 0 Å². The molecule has 0 fully saturated rings. The Balaban J connectivity index is -0.0000000450. The summed E-state index contributed by atoms with van der Waals surface area (Å²) >= 11 is 0. The molecule has 4 nitrogen and oxygen atoms in total. The topological polar surface area (TPSA) is 85.9 Å². The molecule has 6 heteroatoms. The summed E-state index contributed by atoms with van der Waals surface area (Å²) in [5.74, 6) is 0. The molecule has 0 unspecified atom stereocenters. The SMILES string of the molecule is O.O=P(=O)O.[LiH]. The maximum absolute atomic E-state index is 8.59. The van der Waals surface area contributed by atoms with E-state index in [0.717, 1.165) is 0 Å². The first-order chi connectivity index (χ1) is 1.73. The Kier molecular flexibility index (Phi) is 24.3. The minimum absolute atomic E-state index is 0. The van der Waals surface area contributed by atoms with E-state index in [1.54, 1.807) is 0 Å². The van der Waals surface area contributed by atoms with Gasteiger partial charge in [-0.3, -0.25) is 4.89 Å². The van der Waals surface area contributed by atoms with E-state index < -0.39 is 7.91 Å². The Morgan fingerprint density at radius 3 is 1.33 bits per heavy atom. The second-order valence-electron chi connectivity index (χ2n) is 0.238. The first-order valence-electron chi connectivity index (χ1n) is 0.565. The quantitative estimate of drug-likeness (QED) is 0.304. The van der Waals surface area contributed by atoms with E-state index in [9.17, 15) is 0 Å². The molecule has 0 rings (SSSR count). The van der Waals surface area contributed by atoms with Gasteiger partial charge in [-0.15, -0.1) is 0 Å². The number of rotatable bonds is 0. The van der Waals surface area contributed by atoms with Crippen LogP contribution in [0.1, 0.15) is 0 Å². The van der Waals surface area contributed by atoms with Crippen LogP contribution in [0.2, 0.25) is 0 Å². The zero-order valence-electron chi connectivity index (χ0n) is 2.21. The standard InChI is InChI=1S/Li.HO3P.H2O.H/c;1-4(2)3;;/h;(H,1,2,3);1H2;. The van der Waals surface area contributed by atoms with Crippen molar-refractivity contribution in [1.82, 2.24) is 0 Å². The van der Waals surface area contributed by atoms with Crippen molar-refractivity contribution in [3.05, 3.63) is 0 Å². The normalized spacial score (nSPS) is 4.17. The fraction of sp³-hybridized carbons (Fsp3) is 0. The summed E-state index contributed by atoms with van der Waals surface area (Å²) in [6, 6.07) is 0. The van der Waals surface area contributed by atoms with Crippen molar-refractivity contribution < 1.29 is 19.5 Å². The van der Waals surface area contributed by atoms with E-state index in [4.69, 9.17) is 14.0 Å². The molecule has 0 atom stereocenters. The number of hydrogen-bond acceptors (Lipinski definition) is 2. The Bertz CT molecular complexity index is 55.9. The zero-order chi connectivity index (χ0) is 3.58. The van der Waals surface area contributed by atoms with Gasteiger partial charge in [0.05, 0.1) is 0 Å². The van der Waals surface area contributed by atoms with Crippen LogP contribution in [0.3, 0.4) is 0 Å². The molecule has 0 bridgehead atoms. The van der Waals surface area contributed by atoms with E-state index in [2.05, 4.69) is 0 Å². The van der Waals surface area contributed by atoms with E-state index in [1.165, 1.54) is 0 Å². The molecular weight excluding hydrogens is 102 g/mol. The van der Waals surface area contributed by atoms with Crippen molar-refractivity contribution in [3.8, 4) is 0 Å². The van der Waals surface area contributed by atoms with Crippen LogP contribution in [0.4, 0.5) is 0 Å². The molecule has 0 aromatic rings. The third-order valence-electron chi connectivity index (χ3n) is 0. The Morgan fingerprint density at radius 2 is 1.33 bits per heavy atom. The summed E-state index contributed by atoms with van der Waals surface area (Å²) < 4.78 is 17.2. The number of hydrogen-bond donors (Lipinski definition) is 1. The summed E-state index contributed by atoms with van der Waals surface area (Å²) in [5.41, 5.74) is 0. The first kappa shape index (κ1) is 16.1. The first-order valence-corrected chi connectivity index (χ1v) is 1.70. The Labute approximate surface area is 46.9 Å². The van der Waals surface area contributed by atoms with Crippen molar-refractivity contribution in [2.24, 2.45) is 0 Å². The average molecular weight is 106 g/mol. The Morgan fingerprint density at radius 1 is 1.33 bits per heavy atom. The van der Waals surface area contributed by atoms with Gasteiger partial charge in [-0.25, -0.2) is 9.13 Å². The third kappa shape index (κ3) is 296. The average Bonchev–Trinajstić information content (AvgIpc) is 0.811. The summed E-state index contributed by atoms with van der Waals surface area (Å²) in [5, 5.41) is 0. The van der Waals surface area contributed by atoms with Crippen molar-refractivity contribution in [2.45, 2.75) is 0 Å². The summed E-state index contributed by atoms with van der Waals surface area (Å²) in [6.45, 7) is 0. The molecule has 6 heavy (non-hydrogen) atoms. The van der Waals surface area contributed by atoms with Gasteiger partial charge >= 0.3 is 26.8 Å². The van der Waals surface area contributed by atoms with Gasteiger partial charge < -0.3 is 5.48 Å². The molecular formula is H4LiO4P. The second-order valence-corrected chi connectivity index (χ2v) is 0.714. The summed E-state index contributed by atoms with van der Waals surface area (Å²) in [7, 11) is -3.12. The van der Waals surface area contributed by atoms with Gasteiger partial charge in [-0.1, -0.05) is 0 Å². The molecule has 0 heterocycles. The van der Waals surface area contributed by atoms with Gasteiger partial charge in [0.15, 0.2) is 0 Å². The van der Waals surface area contributed by atoms with Crippen LogP contribution in [-0.4, -0.2) is 29.2 Å². The Hall–Kier alpha value is 0.417. The van der Waals surface area contributed by atoms with Crippen molar-refractivity contribution in [1.29, 1.82) is 0 Å². The maximum atomic E-state index is 8.59. The molecule has 0 aliphatic carbocycles. The molecule has 0 aromatic carbocycles. The van der Waals surface area contributed by atoms with Crippen LogP contribution >= 0.6 is 7.91 Å². The molecule has 0 aliphatic heterocycles. The molecule has 0 saturated heterocycles. The monoisotopic (exact) mass is 106 g/mol. The predicted molar refractivity (Wildman–Crippen MR) is 21.3 cm³/mol. The summed E-state index contributed by atoms with van der Waals surface area (Å²) in [6.07, 6.45) is 0. The fourth-order valence-corrected chi connectivity index (χ4v) is 0. The van der Waals surface area contributed by atoms with Crippen LogP contribution in [-0.2, 0) is 9.13 Å². The molecule has 0 aliphatic rings. The van der Waals surface area contributed by atoms with Crippen molar-refractivity contribution in [2.75, 3.05) is 0 Å². The van der Waals surface area contributed by atoms with Crippen LogP contribution in [0.5, 0.6) is 0 Å². The van der Waals surface area contributed by atoms with E-state index in [0.29, 0.717) is 0 Å². The molecule has 0 radical (unpaired) electrons.